The van der Waals surface area contributed by atoms with Crippen molar-refractivity contribution < 1.29 is 10.2 Å². The monoisotopic (exact) mass is 255 g/mol. The van der Waals surface area contributed by atoms with E-state index in [0.717, 1.165) is 24.8 Å². The molecule has 2 aromatic carbocycles. The van der Waals surface area contributed by atoms with Gasteiger partial charge in [0.05, 0.1) is 0 Å². The number of aromatic hydroxyl groups is 2. The second-order valence-electron chi connectivity index (χ2n) is 5.21. The molecule has 19 heavy (non-hydrogen) atoms. The fourth-order valence-electron chi connectivity index (χ4n) is 2.94. The molecule has 0 aliphatic heterocycles. The van der Waals surface area contributed by atoms with Gasteiger partial charge in [-0.1, -0.05) is 12.1 Å². The van der Waals surface area contributed by atoms with Crippen LogP contribution in [0.25, 0.3) is 0 Å². The molecule has 0 unspecified atom stereocenters. The number of phenols is 2. The molecule has 0 aromatic heterocycles. The molecule has 3 heteroatoms. The lowest BCUT2D eigenvalue weighted by atomic mass is 9.79. The summed E-state index contributed by atoms with van der Waals surface area (Å²) in [7, 11) is 0. The van der Waals surface area contributed by atoms with Gasteiger partial charge < -0.3 is 15.9 Å². The van der Waals surface area contributed by atoms with Crippen LogP contribution in [0, 0.1) is 0 Å². The second-order valence-corrected chi connectivity index (χ2v) is 5.21. The minimum absolute atomic E-state index is 0.211. The van der Waals surface area contributed by atoms with E-state index in [1.807, 2.05) is 18.2 Å². The number of fused-ring (bicyclic) bond motifs is 1. The number of phenolic OH excluding ortho intramolecular Hbond substituents is 2. The van der Waals surface area contributed by atoms with Crippen LogP contribution in [0.2, 0.25) is 0 Å². The average molecular weight is 255 g/mol. The van der Waals surface area contributed by atoms with E-state index in [2.05, 4.69) is 0 Å². The van der Waals surface area contributed by atoms with Crippen molar-refractivity contribution in [1.82, 2.24) is 0 Å². The first-order chi connectivity index (χ1) is 9.13. The van der Waals surface area contributed by atoms with Crippen LogP contribution in [0.4, 0.5) is 5.69 Å². The number of nitrogens with two attached hydrogens (primary N) is 1. The van der Waals surface area contributed by atoms with Crippen LogP contribution < -0.4 is 5.73 Å². The number of aryl methyl sites for hydroxylation is 1. The van der Waals surface area contributed by atoms with Gasteiger partial charge in [0, 0.05) is 11.8 Å². The van der Waals surface area contributed by atoms with E-state index in [0.29, 0.717) is 17.4 Å². The summed E-state index contributed by atoms with van der Waals surface area (Å²) in [6.45, 7) is 0. The molecule has 0 amide bonds. The number of nitrogen functional groups attached to an aromatic ring is 1. The number of rotatable bonds is 1. The first-order valence-electron chi connectivity index (χ1n) is 6.52. The Hall–Kier alpha value is -2.16. The summed E-state index contributed by atoms with van der Waals surface area (Å²) in [5.41, 5.74) is 10.3. The highest BCUT2D eigenvalue weighted by Crippen LogP contribution is 2.37. The van der Waals surface area contributed by atoms with Crippen LogP contribution in [0.1, 0.15) is 29.0 Å². The van der Waals surface area contributed by atoms with Crippen molar-refractivity contribution in [3.05, 3.63) is 53.1 Å². The zero-order valence-corrected chi connectivity index (χ0v) is 10.6. The molecule has 0 saturated carbocycles. The lowest BCUT2D eigenvalue weighted by Gasteiger charge is -2.26. The maximum Gasteiger partial charge on any atom is 0.117 e. The summed E-state index contributed by atoms with van der Waals surface area (Å²) in [5.74, 6) is 0.932. The Balaban J connectivity index is 1.91. The SMILES string of the molecule is Nc1cc(O)ccc1[C@H]1CCc2cc(O)ccc2C1. The van der Waals surface area contributed by atoms with E-state index >= 15 is 0 Å². The van der Waals surface area contributed by atoms with Crippen LogP contribution in [-0.4, -0.2) is 10.2 Å². The van der Waals surface area contributed by atoms with Gasteiger partial charge in [0.25, 0.3) is 0 Å². The summed E-state index contributed by atoms with van der Waals surface area (Å²) in [6.07, 6.45) is 2.91. The summed E-state index contributed by atoms with van der Waals surface area (Å²) in [5, 5.41) is 18.9. The van der Waals surface area contributed by atoms with Crippen molar-refractivity contribution in [2.75, 3.05) is 5.73 Å². The maximum atomic E-state index is 9.50. The normalized spacial score (nSPS) is 18.0. The van der Waals surface area contributed by atoms with E-state index in [9.17, 15) is 10.2 Å². The highest BCUT2D eigenvalue weighted by molar-refractivity contribution is 5.53. The Morgan fingerprint density at radius 3 is 2.47 bits per heavy atom. The lowest BCUT2D eigenvalue weighted by Crippen LogP contribution is -2.14. The maximum absolute atomic E-state index is 9.50. The summed E-state index contributed by atoms with van der Waals surface area (Å²) in [4.78, 5) is 0. The van der Waals surface area contributed by atoms with Crippen molar-refractivity contribution >= 4 is 5.69 Å². The molecule has 98 valence electrons. The van der Waals surface area contributed by atoms with Gasteiger partial charge in [0.15, 0.2) is 0 Å². The van der Waals surface area contributed by atoms with Gasteiger partial charge in [-0.3, -0.25) is 0 Å². The van der Waals surface area contributed by atoms with Crippen molar-refractivity contribution in [2.24, 2.45) is 0 Å². The largest absolute Gasteiger partial charge is 0.508 e. The number of benzene rings is 2. The Morgan fingerprint density at radius 2 is 1.68 bits per heavy atom. The Kier molecular flexibility index (Phi) is 2.82. The molecule has 1 aliphatic rings. The molecule has 1 atom stereocenters. The smallest absolute Gasteiger partial charge is 0.117 e. The predicted octanol–water partition coefficient (Wildman–Crippen LogP) is 2.95. The molecule has 0 fully saturated rings. The number of hydrogen-bond donors (Lipinski definition) is 3. The summed E-state index contributed by atoms with van der Waals surface area (Å²) < 4.78 is 0. The van der Waals surface area contributed by atoms with Gasteiger partial charge in [0.2, 0.25) is 0 Å². The van der Waals surface area contributed by atoms with Gasteiger partial charge in [-0.05, 0) is 60.1 Å². The van der Waals surface area contributed by atoms with Gasteiger partial charge >= 0.3 is 0 Å². The summed E-state index contributed by atoms with van der Waals surface area (Å²) in [6, 6.07) is 10.8. The van der Waals surface area contributed by atoms with Gasteiger partial charge in [0.1, 0.15) is 11.5 Å². The van der Waals surface area contributed by atoms with Gasteiger partial charge in [-0.2, -0.15) is 0 Å². The van der Waals surface area contributed by atoms with E-state index < -0.39 is 0 Å². The molecule has 0 heterocycles. The standard InChI is InChI=1S/C16H17NO2/c17-16-9-14(19)5-6-15(16)12-2-1-11-8-13(18)4-3-10(11)7-12/h3-6,8-9,12,18-19H,1-2,7,17H2/t12-/m0/s1. The quantitative estimate of drug-likeness (QED) is 0.686. The molecule has 3 nitrogen and oxygen atoms in total. The molecular formula is C16H17NO2. The van der Waals surface area contributed by atoms with Crippen LogP contribution in [0.5, 0.6) is 11.5 Å². The molecule has 3 rings (SSSR count). The molecule has 1 aliphatic carbocycles. The minimum atomic E-state index is 0.211. The predicted molar refractivity (Wildman–Crippen MR) is 75.4 cm³/mol. The van der Waals surface area contributed by atoms with Crippen molar-refractivity contribution in [3.8, 4) is 11.5 Å². The van der Waals surface area contributed by atoms with Gasteiger partial charge in [-0.15, -0.1) is 0 Å². The van der Waals surface area contributed by atoms with Crippen LogP contribution >= 0.6 is 0 Å². The number of anilines is 1. The zero-order valence-electron chi connectivity index (χ0n) is 10.6. The molecule has 4 N–H and O–H groups in total. The Morgan fingerprint density at radius 1 is 0.947 bits per heavy atom. The third-order valence-corrected chi connectivity index (χ3v) is 3.93. The van der Waals surface area contributed by atoms with Crippen molar-refractivity contribution in [2.45, 2.75) is 25.2 Å². The first kappa shape index (κ1) is 11.9. The first-order valence-corrected chi connectivity index (χ1v) is 6.52. The fraction of sp³-hybridized carbons (Fsp3) is 0.250. The fourth-order valence-corrected chi connectivity index (χ4v) is 2.94. The van der Waals surface area contributed by atoms with Crippen molar-refractivity contribution in [1.29, 1.82) is 0 Å². The van der Waals surface area contributed by atoms with E-state index in [1.54, 1.807) is 18.2 Å². The van der Waals surface area contributed by atoms with Crippen LogP contribution in [0.3, 0.4) is 0 Å². The number of hydrogen-bond acceptors (Lipinski definition) is 3. The Bertz CT molecular complexity index is 622. The third-order valence-electron chi connectivity index (χ3n) is 3.93. The second kappa shape index (κ2) is 4.50. The highest BCUT2D eigenvalue weighted by Gasteiger charge is 2.22. The molecule has 0 spiro atoms. The van der Waals surface area contributed by atoms with E-state index in [4.69, 9.17) is 5.73 Å². The summed E-state index contributed by atoms with van der Waals surface area (Å²) >= 11 is 0. The van der Waals surface area contributed by atoms with E-state index in [1.165, 1.54) is 11.1 Å². The molecule has 2 aromatic rings. The highest BCUT2D eigenvalue weighted by atomic mass is 16.3. The van der Waals surface area contributed by atoms with Crippen LogP contribution in [-0.2, 0) is 12.8 Å². The average Bonchev–Trinajstić information content (AvgIpc) is 2.38. The molecule has 0 bridgehead atoms. The molecule has 0 radical (unpaired) electrons. The Labute approximate surface area is 112 Å². The van der Waals surface area contributed by atoms with Gasteiger partial charge in [-0.25, -0.2) is 0 Å². The minimum Gasteiger partial charge on any atom is -0.508 e. The van der Waals surface area contributed by atoms with Crippen molar-refractivity contribution in [3.63, 3.8) is 0 Å². The van der Waals surface area contributed by atoms with Crippen LogP contribution in [0.15, 0.2) is 36.4 Å². The third kappa shape index (κ3) is 2.24. The van der Waals surface area contributed by atoms with E-state index in [-0.39, 0.29) is 5.75 Å². The molecule has 0 saturated heterocycles. The lowest BCUT2D eigenvalue weighted by molar-refractivity contribution is 0.471. The molecular weight excluding hydrogens is 238 g/mol. The topological polar surface area (TPSA) is 66.5 Å². The zero-order chi connectivity index (χ0) is 13.4.